The molecule has 3 nitrogen and oxygen atoms in total. The van der Waals surface area contributed by atoms with Gasteiger partial charge in [-0.05, 0) is 60.5 Å². The van der Waals surface area contributed by atoms with Gasteiger partial charge in [-0.25, -0.2) is 4.39 Å². The first-order valence-corrected chi connectivity index (χ1v) is 8.33. The summed E-state index contributed by atoms with van der Waals surface area (Å²) in [6, 6.07) is 16.1. The minimum absolute atomic E-state index is 0.230. The van der Waals surface area contributed by atoms with Crippen molar-refractivity contribution in [3.8, 4) is 10.4 Å². The summed E-state index contributed by atoms with van der Waals surface area (Å²) >= 11 is 1.66. The van der Waals surface area contributed by atoms with Gasteiger partial charge in [-0.2, -0.15) is 0 Å². The highest BCUT2D eigenvalue weighted by atomic mass is 32.1. The van der Waals surface area contributed by atoms with E-state index in [0.29, 0.717) is 12.1 Å². The third kappa shape index (κ3) is 3.63. The van der Waals surface area contributed by atoms with E-state index in [2.05, 4.69) is 11.4 Å². The Morgan fingerprint density at radius 2 is 1.88 bits per heavy atom. The average Bonchev–Trinajstić information content (AvgIpc) is 3.02. The lowest BCUT2D eigenvalue weighted by Crippen LogP contribution is -2.12. The highest BCUT2D eigenvalue weighted by Crippen LogP contribution is 2.28. The van der Waals surface area contributed by atoms with Crippen LogP contribution in [0, 0.1) is 12.7 Å². The van der Waals surface area contributed by atoms with Crippen molar-refractivity contribution in [1.82, 2.24) is 0 Å². The number of nitrogens with two attached hydrogens (primary N) is 1. The second-order valence-electron chi connectivity index (χ2n) is 5.52. The number of hydrogen-bond acceptors (Lipinski definition) is 3. The van der Waals surface area contributed by atoms with Gasteiger partial charge >= 0.3 is 0 Å². The zero-order valence-corrected chi connectivity index (χ0v) is 14.0. The molecule has 0 unspecified atom stereocenters. The molecular formula is C19H17FN2OS. The van der Waals surface area contributed by atoms with Crippen LogP contribution in [0.15, 0.2) is 54.6 Å². The zero-order valence-electron chi connectivity index (χ0n) is 13.2. The van der Waals surface area contributed by atoms with E-state index in [1.807, 2.05) is 25.1 Å². The van der Waals surface area contributed by atoms with Crippen molar-refractivity contribution < 1.29 is 9.18 Å². The fourth-order valence-corrected chi connectivity index (χ4v) is 3.43. The maximum absolute atomic E-state index is 13.0. The first kappa shape index (κ1) is 16.2. The zero-order chi connectivity index (χ0) is 17.1. The summed E-state index contributed by atoms with van der Waals surface area (Å²) in [5, 5.41) is 3.34. The topological polar surface area (TPSA) is 55.1 Å². The first-order valence-electron chi connectivity index (χ1n) is 7.52. The Hall–Kier alpha value is -2.66. The van der Waals surface area contributed by atoms with Gasteiger partial charge in [0.1, 0.15) is 5.82 Å². The summed E-state index contributed by atoms with van der Waals surface area (Å²) in [6.07, 6.45) is 0. The monoisotopic (exact) mass is 340 g/mol. The fourth-order valence-electron chi connectivity index (χ4n) is 2.48. The van der Waals surface area contributed by atoms with E-state index in [9.17, 15) is 9.18 Å². The summed E-state index contributed by atoms with van der Waals surface area (Å²) in [4.78, 5) is 13.5. The molecule has 3 aromatic rings. The lowest BCUT2D eigenvalue weighted by molar-refractivity contribution is 0.0999. The Bertz CT molecular complexity index is 871. The molecule has 0 aliphatic carbocycles. The van der Waals surface area contributed by atoms with Gasteiger partial charge in [0.2, 0.25) is 5.91 Å². The third-order valence-corrected chi connectivity index (χ3v) is 4.88. The Balaban J connectivity index is 1.68. The minimum atomic E-state index is -0.416. The van der Waals surface area contributed by atoms with Crippen LogP contribution in [0.4, 0.5) is 10.1 Å². The van der Waals surface area contributed by atoms with Crippen LogP contribution in [0.3, 0.4) is 0 Å². The lowest BCUT2D eigenvalue weighted by atomic mass is 10.1. The first-order chi connectivity index (χ1) is 11.5. The van der Waals surface area contributed by atoms with Gasteiger partial charge in [-0.1, -0.05) is 12.1 Å². The van der Waals surface area contributed by atoms with Crippen LogP contribution in [-0.2, 0) is 6.54 Å². The van der Waals surface area contributed by atoms with E-state index < -0.39 is 5.91 Å². The van der Waals surface area contributed by atoms with Gasteiger partial charge < -0.3 is 11.1 Å². The molecule has 0 bridgehead atoms. The Kier molecular flexibility index (Phi) is 4.62. The molecular weight excluding hydrogens is 323 g/mol. The summed E-state index contributed by atoms with van der Waals surface area (Å²) in [7, 11) is 0. The number of amides is 1. The number of anilines is 1. The molecule has 24 heavy (non-hydrogen) atoms. The van der Waals surface area contributed by atoms with Crippen molar-refractivity contribution in [2.75, 3.05) is 5.32 Å². The van der Waals surface area contributed by atoms with Gasteiger partial charge in [0.25, 0.3) is 0 Å². The van der Waals surface area contributed by atoms with Crippen LogP contribution in [-0.4, -0.2) is 5.91 Å². The molecule has 1 heterocycles. The molecule has 2 aromatic carbocycles. The molecule has 1 amide bonds. The predicted octanol–water partition coefficient (Wildman–Crippen LogP) is 4.57. The molecule has 0 saturated carbocycles. The van der Waals surface area contributed by atoms with E-state index in [0.717, 1.165) is 21.7 Å². The summed E-state index contributed by atoms with van der Waals surface area (Å²) in [6.45, 7) is 2.55. The van der Waals surface area contributed by atoms with E-state index in [-0.39, 0.29) is 5.82 Å². The van der Waals surface area contributed by atoms with Crippen LogP contribution in [0.1, 0.15) is 20.8 Å². The summed E-state index contributed by atoms with van der Waals surface area (Å²) in [5.41, 5.74) is 8.65. The molecule has 0 aliphatic rings. The Labute approximate surface area is 143 Å². The number of nitrogens with one attached hydrogen (secondary N) is 1. The maximum atomic E-state index is 13.0. The van der Waals surface area contributed by atoms with Gasteiger partial charge in [-0.15, -0.1) is 11.3 Å². The third-order valence-electron chi connectivity index (χ3n) is 3.75. The van der Waals surface area contributed by atoms with E-state index >= 15 is 0 Å². The van der Waals surface area contributed by atoms with Crippen molar-refractivity contribution in [2.24, 2.45) is 5.73 Å². The second kappa shape index (κ2) is 6.84. The quantitative estimate of drug-likeness (QED) is 0.714. The lowest BCUT2D eigenvalue weighted by Gasteiger charge is -2.08. The summed E-state index contributed by atoms with van der Waals surface area (Å²) in [5.74, 6) is -0.645. The van der Waals surface area contributed by atoms with Crippen molar-refractivity contribution in [3.63, 3.8) is 0 Å². The van der Waals surface area contributed by atoms with E-state index in [1.54, 1.807) is 29.5 Å². The number of carbonyl (C=O) groups is 1. The Morgan fingerprint density at radius 3 is 2.54 bits per heavy atom. The van der Waals surface area contributed by atoms with Crippen LogP contribution < -0.4 is 11.1 Å². The molecule has 1 aromatic heterocycles. The predicted molar refractivity (Wildman–Crippen MR) is 96.7 cm³/mol. The standard InChI is InChI=1S/C19H17FN2OS/c1-12-10-15(6-8-17(12)19(21)23)22-11-16-7-9-18(24-16)13-2-4-14(20)5-3-13/h2-10,22H,11H2,1H3,(H2,21,23). The average molecular weight is 340 g/mol. The normalized spacial score (nSPS) is 10.6. The molecule has 0 fully saturated rings. The van der Waals surface area contributed by atoms with Gasteiger partial charge in [-0.3, -0.25) is 4.79 Å². The number of benzene rings is 2. The molecule has 0 spiro atoms. The number of rotatable bonds is 5. The number of halogens is 1. The minimum Gasteiger partial charge on any atom is -0.380 e. The van der Waals surface area contributed by atoms with Crippen LogP contribution in [0.5, 0.6) is 0 Å². The molecule has 5 heteroatoms. The number of aryl methyl sites for hydroxylation is 1. The number of primary amides is 1. The van der Waals surface area contributed by atoms with Gasteiger partial charge in [0, 0.05) is 27.5 Å². The van der Waals surface area contributed by atoms with Gasteiger partial charge in [0.05, 0.1) is 0 Å². The van der Waals surface area contributed by atoms with Crippen molar-refractivity contribution in [1.29, 1.82) is 0 Å². The molecule has 0 saturated heterocycles. The highest BCUT2D eigenvalue weighted by Gasteiger charge is 2.06. The molecule has 0 radical (unpaired) electrons. The number of thiophene rings is 1. The number of carbonyl (C=O) groups excluding carboxylic acids is 1. The smallest absolute Gasteiger partial charge is 0.248 e. The molecule has 3 rings (SSSR count). The Morgan fingerprint density at radius 1 is 1.12 bits per heavy atom. The van der Waals surface area contributed by atoms with Crippen LogP contribution >= 0.6 is 11.3 Å². The van der Waals surface area contributed by atoms with Crippen LogP contribution in [0.25, 0.3) is 10.4 Å². The van der Waals surface area contributed by atoms with Gasteiger partial charge in [0.15, 0.2) is 0 Å². The molecule has 0 aliphatic heterocycles. The van der Waals surface area contributed by atoms with E-state index in [1.165, 1.54) is 17.0 Å². The van der Waals surface area contributed by atoms with Crippen molar-refractivity contribution in [2.45, 2.75) is 13.5 Å². The maximum Gasteiger partial charge on any atom is 0.248 e. The van der Waals surface area contributed by atoms with E-state index in [4.69, 9.17) is 5.73 Å². The SMILES string of the molecule is Cc1cc(NCc2ccc(-c3ccc(F)cc3)s2)ccc1C(N)=O. The largest absolute Gasteiger partial charge is 0.380 e. The fraction of sp³-hybridized carbons (Fsp3) is 0.105. The van der Waals surface area contributed by atoms with Crippen molar-refractivity contribution in [3.05, 3.63) is 76.4 Å². The number of hydrogen-bond donors (Lipinski definition) is 2. The summed E-state index contributed by atoms with van der Waals surface area (Å²) < 4.78 is 13.0. The van der Waals surface area contributed by atoms with Crippen molar-refractivity contribution >= 4 is 22.9 Å². The molecule has 122 valence electrons. The molecule has 3 N–H and O–H groups in total. The second-order valence-corrected chi connectivity index (χ2v) is 6.69. The van der Waals surface area contributed by atoms with Crippen LogP contribution in [0.2, 0.25) is 0 Å². The highest BCUT2D eigenvalue weighted by molar-refractivity contribution is 7.15. The molecule has 0 atom stereocenters.